The van der Waals surface area contributed by atoms with Crippen molar-refractivity contribution in [2.75, 3.05) is 0 Å². The van der Waals surface area contributed by atoms with E-state index in [0.29, 0.717) is 12.8 Å². The second-order valence-corrected chi connectivity index (χ2v) is 33.9. The van der Waals surface area contributed by atoms with Gasteiger partial charge >= 0.3 is 248 Å². The Kier molecular flexibility index (Phi) is 67.3. The predicted molar refractivity (Wildman–Crippen MR) is 283 cm³/mol. The Morgan fingerprint density at radius 1 is 0.426 bits per heavy atom. The topological polar surface area (TPSA) is 80.3 Å². The molecule has 0 rings (SSSR count). The second-order valence-electron chi connectivity index (χ2n) is 18.6. The Bertz CT molecular complexity index is 812. The van der Waals surface area contributed by atoms with Crippen LogP contribution in [0.5, 0.6) is 0 Å². The van der Waals surface area contributed by atoms with Crippen molar-refractivity contribution in [1.82, 2.24) is 0 Å². The Labute approximate surface area is 415 Å². The van der Waals surface area contributed by atoms with Crippen molar-refractivity contribution in [2.45, 2.75) is 302 Å². The fraction of sp³-hybridized carbons (Fsp3) is 0.962. The minimum atomic E-state index is -1.27. The fourth-order valence-electron chi connectivity index (χ4n) is 6.89. The van der Waals surface area contributed by atoms with Gasteiger partial charge in [-0.25, -0.2) is 0 Å². The van der Waals surface area contributed by atoms with Crippen LogP contribution in [-0.2, 0) is 9.59 Å². The molecule has 61 heavy (non-hydrogen) atoms. The van der Waals surface area contributed by atoms with Gasteiger partial charge in [-0.3, -0.25) is 0 Å². The number of hydrogen-bond donors (Lipinski definition) is 2. The van der Waals surface area contributed by atoms with Crippen molar-refractivity contribution in [3.05, 3.63) is 0 Å². The van der Waals surface area contributed by atoms with Crippen LogP contribution in [-0.4, -0.2) is 61.4 Å². The Balaban J connectivity index is -0.000000359. The number of unbranched alkanes of at least 4 members (excludes halogenated alkanes) is 24. The summed E-state index contributed by atoms with van der Waals surface area (Å²) in [6.07, 6.45) is 45.2. The standard InChI is InChI=1S/2C10H20O2S.4C8H17.S.2Sn/c2*1-8(2)6-4-3-5-7-9(13)10(11)12;4*1-3-5-7-8-6-4-2;;;/h2*8-9,13H,3-7H2,1-2H3,(H,11,12);4*1,3-8H2,2H3;;;/q;;;;;;;;+2/p-2. The maximum absolute atomic E-state index is 10.3. The van der Waals surface area contributed by atoms with Gasteiger partial charge in [-0.15, -0.1) is 0 Å². The van der Waals surface area contributed by atoms with Crippen LogP contribution in [0.3, 0.4) is 0 Å². The van der Waals surface area contributed by atoms with Crippen LogP contribution in [0.1, 0.15) is 274 Å². The summed E-state index contributed by atoms with van der Waals surface area (Å²) >= 11 is 6.61. The molecule has 2 atom stereocenters. The summed E-state index contributed by atoms with van der Waals surface area (Å²) in [5.74, 6) is -0.611. The van der Waals surface area contributed by atoms with Crippen LogP contribution in [0.4, 0.5) is 0 Å². The molecule has 9 heteroatoms. The van der Waals surface area contributed by atoms with E-state index < -0.39 is 40.3 Å². The van der Waals surface area contributed by atoms with E-state index in [1.165, 1.54) is 176 Å². The molecular weight excluding hydrogens is 1020 g/mol. The van der Waals surface area contributed by atoms with E-state index in [-0.39, 0.29) is 21.1 Å². The molecule has 0 saturated carbocycles. The SMILES string of the molecule is CC(C)CCCCCC(S)C(=O)[O-].CC(C)CCCCCC(S)C(=O)[O-].CCCCCCC[CH2][Sn+2][CH2]CCCCCCC.CCCCCCC[CH2][Sn](=[S])[CH2]CCCCCCC. The first-order valence-corrected chi connectivity index (χ1v) is 39.3. The second kappa shape index (κ2) is 59.5. The van der Waals surface area contributed by atoms with Crippen molar-refractivity contribution in [3.8, 4) is 0 Å². The van der Waals surface area contributed by atoms with Gasteiger partial charge in [0.2, 0.25) is 0 Å². The molecule has 0 aliphatic rings. The number of hydrogen-bond acceptors (Lipinski definition) is 7. The third-order valence-electron chi connectivity index (χ3n) is 11.1. The number of aliphatic carboxylic acids is 2. The van der Waals surface area contributed by atoms with Crippen LogP contribution < -0.4 is 10.2 Å². The average Bonchev–Trinajstić information content (AvgIpc) is 3.22. The van der Waals surface area contributed by atoms with Gasteiger partial charge in [-0.05, 0) is 24.7 Å². The average molecular weight is 1130 g/mol. The monoisotopic (exact) mass is 1130 g/mol. The molecule has 0 aliphatic heterocycles. The van der Waals surface area contributed by atoms with Crippen LogP contribution in [0.15, 0.2) is 0 Å². The summed E-state index contributed by atoms with van der Waals surface area (Å²) in [5, 5.41) is 19.4. The van der Waals surface area contributed by atoms with E-state index >= 15 is 0 Å². The molecule has 0 heterocycles. The third-order valence-corrected chi connectivity index (χ3v) is 24.0. The summed E-state index contributed by atoms with van der Waals surface area (Å²) in [5.41, 5.74) is 0. The number of carboxylic acids is 2. The molecule has 0 spiro atoms. The fourth-order valence-corrected chi connectivity index (χ4v) is 17.1. The summed E-state index contributed by atoms with van der Waals surface area (Å²) < 4.78 is 6.28. The van der Waals surface area contributed by atoms with Gasteiger partial charge in [0.05, 0.1) is 11.9 Å². The van der Waals surface area contributed by atoms with Crippen LogP contribution in [0, 0.1) is 11.8 Å². The summed E-state index contributed by atoms with van der Waals surface area (Å²) in [7, 11) is 5.74. The van der Waals surface area contributed by atoms with E-state index in [1.807, 2.05) is 0 Å². The summed E-state index contributed by atoms with van der Waals surface area (Å²) in [6, 6.07) is 0. The molecule has 0 radical (unpaired) electrons. The van der Waals surface area contributed by atoms with Crippen LogP contribution in [0.2, 0.25) is 17.7 Å². The van der Waals surface area contributed by atoms with Crippen molar-refractivity contribution < 1.29 is 19.8 Å². The van der Waals surface area contributed by atoms with Crippen LogP contribution >= 0.6 is 34.5 Å². The molecule has 0 aliphatic carbocycles. The quantitative estimate of drug-likeness (QED) is 0.0362. The van der Waals surface area contributed by atoms with E-state index in [2.05, 4.69) is 80.6 Å². The predicted octanol–water partition coefficient (Wildman–Crippen LogP) is 16.4. The Morgan fingerprint density at radius 2 is 0.672 bits per heavy atom. The first-order valence-electron chi connectivity index (χ1n) is 26.3. The van der Waals surface area contributed by atoms with E-state index in [9.17, 15) is 19.8 Å². The molecule has 0 bridgehead atoms. The zero-order valence-corrected chi connectivity index (χ0v) is 50.4. The molecule has 0 amide bonds. The molecule has 0 saturated heterocycles. The van der Waals surface area contributed by atoms with Crippen molar-refractivity contribution in [3.63, 3.8) is 0 Å². The Morgan fingerprint density at radius 3 is 0.951 bits per heavy atom. The van der Waals surface area contributed by atoms with Gasteiger partial charge in [-0.1, -0.05) is 79.1 Å². The third kappa shape index (κ3) is 70.6. The zero-order valence-electron chi connectivity index (χ0n) is 42.1. The summed E-state index contributed by atoms with van der Waals surface area (Å²) in [4.78, 5) is 20.6. The molecule has 2 unspecified atom stereocenters. The molecule has 0 N–H and O–H groups in total. The van der Waals surface area contributed by atoms with Gasteiger partial charge in [0.25, 0.3) is 0 Å². The van der Waals surface area contributed by atoms with Crippen molar-refractivity contribution >= 4 is 85.4 Å². The Hall–Kier alpha value is 1.46. The number of carboxylic acid groups (broad SMARTS) is 2. The molecule has 364 valence electrons. The maximum atomic E-state index is 10.3. The minimum absolute atomic E-state index is 0.0736. The van der Waals surface area contributed by atoms with E-state index in [4.69, 9.17) is 9.29 Å². The van der Waals surface area contributed by atoms with Crippen molar-refractivity contribution in [1.29, 1.82) is 0 Å². The first kappa shape index (κ1) is 69.0. The van der Waals surface area contributed by atoms with Crippen LogP contribution in [0.25, 0.3) is 0 Å². The van der Waals surface area contributed by atoms with Gasteiger partial charge in [0.1, 0.15) is 0 Å². The number of carbonyl (C=O) groups is 2. The first-order chi connectivity index (χ1) is 29.3. The van der Waals surface area contributed by atoms with Gasteiger partial charge in [-0.2, -0.15) is 25.3 Å². The molecule has 0 fully saturated rings. The number of rotatable bonds is 42. The molecule has 0 aromatic carbocycles. The normalized spacial score (nSPS) is 11.7. The zero-order chi connectivity index (χ0) is 46.6. The molecular formula is C52H106O4S3Sn2. The van der Waals surface area contributed by atoms with E-state index in [1.54, 1.807) is 21.7 Å². The van der Waals surface area contributed by atoms with Gasteiger partial charge in [0, 0.05) is 10.5 Å². The number of carbonyl (C=O) groups excluding carboxylic acids is 2. The number of thiol groups is 2. The van der Waals surface area contributed by atoms with Crippen molar-refractivity contribution in [2.24, 2.45) is 11.8 Å². The summed E-state index contributed by atoms with van der Waals surface area (Å²) in [6.45, 7) is 18.0. The van der Waals surface area contributed by atoms with Gasteiger partial charge in [0.15, 0.2) is 0 Å². The molecule has 0 aromatic rings. The van der Waals surface area contributed by atoms with E-state index in [0.717, 1.165) is 37.5 Å². The van der Waals surface area contributed by atoms with Gasteiger partial charge < -0.3 is 19.8 Å². The molecule has 4 nitrogen and oxygen atoms in total. The molecule has 0 aromatic heterocycles.